The topological polar surface area (TPSA) is 33.4 Å². The third kappa shape index (κ3) is 1.18. The van der Waals surface area contributed by atoms with Gasteiger partial charge in [0.15, 0.2) is 11.3 Å². The van der Waals surface area contributed by atoms with Gasteiger partial charge in [-0.15, -0.1) is 0 Å². The Bertz CT molecular complexity index is 655. The van der Waals surface area contributed by atoms with Gasteiger partial charge in [0.25, 0.3) is 0 Å². The smallest absolute Gasteiger partial charge is 0.177 e. The molecule has 0 amide bonds. The SMILES string of the molecule is Oc1cccc2c1oc1ccc(Cl)cc12. The Morgan fingerprint density at radius 2 is 1.93 bits per heavy atom. The maximum absolute atomic E-state index is 9.61. The summed E-state index contributed by atoms with van der Waals surface area (Å²) in [6.07, 6.45) is 0. The number of phenols is 1. The molecular formula is C12H7ClO2. The van der Waals surface area contributed by atoms with Crippen molar-refractivity contribution in [1.29, 1.82) is 0 Å². The summed E-state index contributed by atoms with van der Waals surface area (Å²) in [7, 11) is 0. The summed E-state index contributed by atoms with van der Waals surface area (Å²) in [5.74, 6) is 0.153. The zero-order chi connectivity index (χ0) is 10.4. The molecule has 0 atom stereocenters. The van der Waals surface area contributed by atoms with E-state index in [0.29, 0.717) is 10.6 Å². The normalized spacial score (nSPS) is 11.3. The van der Waals surface area contributed by atoms with Crippen molar-refractivity contribution in [2.24, 2.45) is 0 Å². The highest BCUT2D eigenvalue weighted by Gasteiger charge is 2.09. The van der Waals surface area contributed by atoms with Crippen molar-refractivity contribution in [3.63, 3.8) is 0 Å². The minimum atomic E-state index is 0.153. The first-order valence-corrected chi connectivity index (χ1v) is 4.93. The Labute approximate surface area is 90.7 Å². The molecule has 15 heavy (non-hydrogen) atoms. The molecule has 1 aromatic heterocycles. The van der Waals surface area contributed by atoms with Crippen molar-refractivity contribution in [3.05, 3.63) is 41.4 Å². The van der Waals surface area contributed by atoms with E-state index in [4.69, 9.17) is 16.0 Å². The molecule has 74 valence electrons. The van der Waals surface area contributed by atoms with Crippen molar-refractivity contribution in [2.75, 3.05) is 0 Å². The highest BCUT2D eigenvalue weighted by Crippen LogP contribution is 2.34. The first kappa shape index (κ1) is 8.62. The highest BCUT2D eigenvalue weighted by molar-refractivity contribution is 6.31. The van der Waals surface area contributed by atoms with Crippen molar-refractivity contribution >= 4 is 33.5 Å². The molecule has 1 N–H and O–H groups in total. The molecule has 3 aromatic rings. The zero-order valence-corrected chi connectivity index (χ0v) is 8.45. The van der Waals surface area contributed by atoms with Crippen LogP contribution >= 0.6 is 11.6 Å². The third-order valence-electron chi connectivity index (χ3n) is 2.44. The van der Waals surface area contributed by atoms with Gasteiger partial charge >= 0.3 is 0 Å². The maximum atomic E-state index is 9.61. The van der Waals surface area contributed by atoms with E-state index < -0.39 is 0 Å². The molecule has 0 unspecified atom stereocenters. The Balaban J connectivity index is 2.58. The lowest BCUT2D eigenvalue weighted by molar-refractivity contribution is 0.469. The molecule has 0 spiro atoms. The van der Waals surface area contributed by atoms with Crippen LogP contribution in [0.5, 0.6) is 5.75 Å². The van der Waals surface area contributed by atoms with Gasteiger partial charge in [-0.3, -0.25) is 0 Å². The van der Waals surface area contributed by atoms with Crippen molar-refractivity contribution in [1.82, 2.24) is 0 Å². The van der Waals surface area contributed by atoms with E-state index in [1.165, 1.54) is 0 Å². The van der Waals surface area contributed by atoms with Gasteiger partial charge in [-0.25, -0.2) is 0 Å². The number of hydrogen-bond acceptors (Lipinski definition) is 2. The van der Waals surface area contributed by atoms with E-state index in [1.54, 1.807) is 24.3 Å². The lowest BCUT2D eigenvalue weighted by atomic mass is 10.1. The van der Waals surface area contributed by atoms with Crippen LogP contribution in [0.15, 0.2) is 40.8 Å². The van der Waals surface area contributed by atoms with Crippen LogP contribution in [0, 0.1) is 0 Å². The van der Waals surface area contributed by atoms with Gasteiger partial charge < -0.3 is 9.52 Å². The fraction of sp³-hybridized carbons (Fsp3) is 0. The van der Waals surface area contributed by atoms with Crippen LogP contribution in [0.2, 0.25) is 5.02 Å². The Morgan fingerprint density at radius 1 is 1.07 bits per heavy atom. The molecule has 0 aliphatic heterocycles. The largest absolute Gasteiger partial charge is 0.504 e. The van der Waals surface area contributed by atoms with Crippen LogP contribution < -0.4 is 0 Å². The highest BCUT2D eigenvalue weighted by atomic mass is 35.5. The third-order valence-corrected chi connectivity index (χ3v) is 2.67. The van der Waals surface area contributed by atoms with Gasteiger partial charge in [0, 0.05) is 15.8 Å². The molecule has 1 heterocycles. The number of benzene rings is 2. The molecule has 0 saturated carbocycles. The Kier molecular flexibility index (Phi) is 1.67. The van der Waals surface area contributed by atoms with E-state index >= 15 is 0 Å². The summed E-state index contributed by atoms with van der Waals surface area (Å²) in [5, 5.41) is 12.1. The first-order chi connectivity index (χ1) is 7.25. The van der Waals surface area contributed by atoms with Gasteiger partial charge in [-0.05, 0) is 24.3 Å². The van der Waals surface area contributed by atoms with Gasteiger partial charge in [0.05, 0.1) is 0 Å². The first-order valence-electron chi connectivity index (χ1n) is 4.55. The molecule has 0 bridgehead atoms. The lowest BCUT2D eigenvalue weighted by Gasteiger charge is -1.91. The summed E-state index contributed by atoms with van der Waals surface area (Å²) < 4.78 is 5.53. The predicted molar refractivity (Wildman–Crippen MR) is 60.4 cm³/mol. The maximum Gasteiger partial charge on any atom is 0.177 e. The molecule has 0 aliphatic rings. The number of fused-ring (bicyclic) bond motifs is 3. The van der Waals surface area contributed by atoms with Crippen molar-refractivity contribution < 1.29 is 9.52 Å². The van der Waals surface area contributed by atoms with Crippen LogP contribution in [0.3, 0.4) is 0 Å². The number of aromatic hydroxyl groups is 1. The fourth-order valence-corrected chi connectivity index (χ4v) is 1.93. The molecule has 3 heteroatoms. The summed E-state index contributed by atoms with van der Waals surface area (Å²) in [6.45, 7) is 0. The van der Waals surface area contributed by atoms with Crippen molar-refractivity contribution in [3.8, 4) is 5.75 Å². The quantitative estimate of drug-likeness (QED) is 0.620. The van der Waals surface area contributed by atoms with Crippen LogP contribution in [0.1, 0.15) is 0 Å². The van der Waals surface area contributed by atoms with Crippen LogP contribution in [0.4, 0.5) is 0 Å². The molecule has 0 aliphatic carbocycles. The van der Waals surface area contributed by atoms with E-state index in [9.17, 15) is 5.11 Å². The monoisotopic (exact) mass is 218 g/mol. The Morgan fingerprint density at radius 3 is 2.80 bits per heavy atom. The zero-order valence-electron chi connectivity index (χ0n) is 7.70. The molecule has 2 aromatic carbocycles. The van der Waals surface area contributed by atoms with E-state index in [-0.39, 0.29) is 5.75 Å². The van der Waals surface area contributed by atoms with E-state index in [0.717, 1.165) is 16.4 Å². The number of rotatable bonds is 0. The van der Waals surface area contributed by atoms with Crippen LogP contribution in [-0.4, -0.2) is 5.11 Å². The average Bonchev–Trinajstić information content (AvgIpc) is 2.58. The van der Waals surface area contributed by atoms with Crippen LogP contribution in [0.25, 0.3) is 21.9 Å². The van der Waals surface area contributed by atoms with E-state index in [2.05, 4.69) is 0 Å². The number of furan rings is 1. The molecule has 0 fully saturated rings. The van der Waals surface area contributed by atoms with Crippen molar-refractivity contribution in [2.45, 2.75) is 0 Å². The summed E-state index contributed by atoms with van der Waals surface area (Å²) in [6, 6.07) is 10.7. The second-order valence-electron chi connectivity index (χ2n) is 3.40. The average molecular weight is 219 g/mol. The van der Waals surface area contributed by atoms with Gasteiger partial charge in [-0.2, -0.15) is 0 Å². The lowest BCUT2D eigenvalue weighted by Crippen LogP contribution is -1.67. The summed E-state index contributed by atoms with van der Waals surface area (Å²) in [5.41, 5.74) is 1.24. The molecular weight excluding hydrogens is 212 g/mol. The number of para-hydroxylation sites is 1. The second-order valence-corrected chi connectivity index (χ2v) is 3.83. The van der Waals surface area contributed by atoms with Crippen LogP contribution in [-0.2, 0) is 0 Å². The predicted octanol–water partition coefficient (Wildman–Crippen LogP) is 3.95. The number of halogens is 1. The molecule has 2 nitrogen and oxygen atoms in total. The van der Waals surface area contributed by atoms with Gasteiger partial charge in [0.1, 0.15) is 5.58 Å². The summed E-state index contributed by atoms with van der Waals surface area (Å²) >= 11 is 5.91. The standard InChI is InChI=1S/C12H7ClO2/c13-7-4-5-11-9(6-7)8-2-1-3-10(14)12(8)15-11/h1-6,14H. The van der Waals surface area contributed by atoms with E-state index in [1.807, 2.05) is 12.1 Å². The second kappa shape index (κ2) is 2.91. The fourth-order valence-electron chi connectivity index (χ4n) is 1.76. The van der Waals surface area contributed by atoms with Gasteiger partial charge in [0.2, 0.25) is 0 Å². The minimum Gasteiger partial charge on any atom is -0.504 e. The Hall–Kier alpha value is -1.67. The molecule has 0 radical (unpaired) electrons. The minimum absolute atomic E-state index is 0.153. The molecule has 0 saturated heterocycles. The summed E-state index contributed by atoms with van der Waals surface area (Å²) in [4.78, 5) is 0. The molecule has 3 rings (SSSR count). The van der Waals surface area contributed by atoms with Gasteiger partial charge in [-0.1, -0.05) is 23.7 Å². The number of hydrogen-bond donors (Lipinski definition) is 1. The number of phenolic OH excluding ortho intramolecular Hbond substituents is 1.